The number of hydrogen-bond acceptors (Lipinski definition) is 6. The summed E-state index contributed by atoms with van der Waals surface area (Å²) in [6, 6.07) is 18.3. The molecule has 69 heavy (non-hydrogen) atoms. The maximum atomic E-state index is 13.9. The van der Waals surface area contributed by atoms with Crippen LogP contribution in [0.4, 0.5) is 9.59 Å². The largest absolute Gasteiger partial charge is 0.444 e. The summed E-state index contributed by atoms with van der Waals surface area (Å²) >= 11 is 0. The molecule has 0 bridgehead atoms. The highest BCUT2D eigenvalue weighted by molar-refractivity contribution is 5.86. The molecule has 2 aromatic rings. The van der Waals surface area contributed by atoms with Crippen molar-refractivity contribution in [3.8, 4) is 0 Å². The van der Waals surface area contributed by atoms with Crippen molar-refractivity contribution >= 4 is 35.1 Å². The van der Waals surface area contributed by atoms with Crippen LogP contribution >= 0.6 is 0 Å². The lowest BCUT2D eigenvalue weighted by Gasteiger charge is -2.46. The molecule has 0 aromatic heterocycles. The number of rotatable bonds is 8. The second-order valence-electron chi connectivity index (χ2n) is 24.3. The van der Waals surface area contributed by atoms with Crippen LogP contribution in [0.3, 0.4) is 0 Å². The van der Waals surface area contributed by atoms with Crippen LogP contribution in [0.25, 0.3) is 11.1 Å². The van der Waals surface area contributed by atoms with E-state index in [2.05, 4.69) is 58.3 Å². The summed E-state index contributed by atoms with van der Waals surface area (Å²) in [6.45, 7) is 14.5. The minimum absolute atomic E-state index is 0.131. The van der Waals surface area contributed by atoms with Gasteiger partial charge in [-0.05, 0) is 212 Å². The summed E-state index contributed by atoms with van der Waals surface area (Å²) < 4.78 is 11.0. The fraction of sp³-hybridized carbons (Fsp3) is 0.661. The van der Waals surface area contributed by atoms with E-state index in [9.17, 15) is 19.2 Å². The van der Waals surface area contributed by atoms with E-state index < -0.39 is 11.2 Å². The molecule has 6 aliphatic carbocycles. The highest BCUT2D eigenvalue weighted by Crippen LogP contribution is 2.50. The van der Waals surface area contributed by atoms with E-state index in [0.29, 0.717) is 60.7 Å². The van der Waals surface area contributed by atoms with Crippen molar-refractivity contribution in [2.24, 2.45) is 35.5 Å². The van der Waals surface area contributed by atoms with Gasteiger partial charge >= 0.3 is 12.2 Å². The average Bonchev–Trinajstić information content (AvgIpc) is 3.96. The average molecular weight is 943 g/mol. The van der Waals surface area contributed by atoms with Gasteiger partial charge in [-0.3, -0.25) is 9.59 Å². The lowest BCUT2D eigenvalue weighted by Crippen LogP contribution is -2.52. The first-order valence-corrected chi connectivity index (χ1v) is 27.0. The van der Waals surface area contributed by atoms with Crippen LogP contribution in [-0.4, -0.2) is 107 Å². The highest BCUT2D eigenvalue weighted by atomic mass is 16.6. The van der Waals surface area contributed by atoms with Gasteiger partial charge in [-0.2, -0.15) is 0 Å². The summed E-state index contributed by atoms with van der Waals surface area (Å²) in [5.41, 5.74) is 11.0. The number of nitrogens with zero attached hydrogens (tertiary/aromatic N) is 4. The summed E-state index contributed by atoms with van der Waals surface area (Å²) in [5.74, 6) is 3.23. The topological polar surface area (TPSA) is 99.7 Å². The molecule has 10 heteroatoms. The standard InChI is InChI=1S/C30H42N2O3.C29H40N2O3/c1-30(2,3)35-29(34)31(4)19-20-12-14-22(15-13-20)28(33)32-17-16-25-24-11-6-5-8-23(24)18-26(25)27(32)21-9-7-10-21;1-29(2,3)34-28(33)30(4)18-19-9-11-21(12-10-19)27(32)31-16-15-24-23-8-6-5-7-22(23)17-25(24)26(31)20-13-14-20/h5-6,8,11,20-22,27H,7,9-10,12-19H2,1-4H3;5-8,19-21,26H,9-18H2,1-4H3. The Hall–Kier alpha value is -4.60. The zero-order chi connectivity index (χ0) is 48.8. The molecular formula is C59H82N4O6. The molecule has 8 aliphatic rings. The third-order valence-electron chi connectivity index (χ3n) is 16.9. The van der Waals surface area contributed by atoms with E-state index in [1.54, 1.807) is 15.4 Å². The fourth-order valence-electron chi connectivity index (χ4n) is 13.2. The Morgan fingerprint density at radius 1 is 0.536 bits per heavy atom. The van der Waals surface area contributed by atoms with Crippen molar-refractivity contribution < 1.29 is 28.7 Å². The Balaban J connectivity index is 0.000000172. The predicted molar refractivity (Wildman–Crippen MR) is 273 cm³/mol. The predicted octanol–water partition coefficient (Wildman–Crippen LogP) is 11.8. The maximum absolute atomic E-state index is 13.9. The SMILES string of the molecule is CN(CC1CCC(C(=O)N2CCC3=C(Cc4ccccc43)C2C2CC2)CC1)C(=O)OC(C)(C)C.CN(CC1CCC(C(=O)N2CCC3=C(Cc4ccccc43)C2C2CCC2)CC1)C(=O)OC(C)(C)C. The molecule has 2 heterocycles. The number of carbonyl (C=O) groups excluding carboxylic acids is 4. The Bertz CT molecular complexity index is 2300. The van der Waals surface area contributed by atoms with Crippen LogP contribution in [0.1, 0.15) is 160 Å². The molecule has 4 fully saturated rings. The van der Waals surface area contributed by atoms with Crippen LogP contribution < -0.4 is 0 Å². The third kappa shape index (κ3) is 11.2. The Morgan fingerprint density at radius 3 is 1.26 bits per heavy atom. The second-order valence-corrected chi connectivity index (χ2v) is 24.3. The van der Waals surface area contributed by atoms with Gasteiger partial charge in [0.25, 0.3) is 0 Å². The van der Waals surface area contributed by atoms with E-state index in [0.717, 1.165) is 90.1 Å². The molecule has 2 unspecified atom stereocenters. The fourth-order valence-corrected chi connectivity index (χ4v) is 13.2. The van der Waals surface area contributed by atoms with Gasteiger partial charge in [-0.1, -0.05) is 55.0 Å². The van der Waals surface area contributed by atoms with Crippen molar-refractivity contribution in [1.29, 1.82) is 0 Å². The molecule has 2 aliphatic heterocycles. The second kappa shape index (κ2) is 20.3. The summed E-state index contributed by atoms with van der Waals surface area (Å²) in [4.78, 5) is 60.3. The number of hydrogen-bond donors (Lipinski definition) is 0. The molecule has 0 spiro atoms. The molecule has 374 valence electrons. The lowest BCUT2D eigenvalue weighted by atomic mass is 9.73. The van der Waals surface area contributed by atoms with Crippen LogP contribution in [0.2, 0.25) is 0 Å². The van der Waals surface area contributed by atoms with Crippen molar-refractivity contribution in [3.63, 3.8) is 0 Å². The van der Waals surface area contributed by atoms with E-state index in [4.69, 9.17) is 9.47 Å². The first-order valence-electron chi connectivity index (χ1n) is 27.0. The summed E-state index contributed by atoms with van der Waals surface area (Å²) in [7, 11) is 3.65. The zero-order valence-electron chi connectivity index (χ0n) is 43.3. The van der Waals surface area contributed by atoms with E-state index in [1.165, 1.54) is 71.1 Å². The number of carbonyl (C=O) groups is 4. The first-order chi connectivity index (χ1) is 32.9. The molecule has 0 radical (unpaired) electrons. The number of ether oxygens (including phenoxy) is 2. The van der Waals surface area contributed by atoms with Gasteiger partial charge in [0.15, 0.2) is 0 Å². The van der Waals surface area contributed by atoms with Crippen molar-refractivity contribution in [1.82, 2.24) is 19.6 Å². The number of amides is 4. The van der Waals surface area contributed by atoms with Gasteiger partial charge in [0.2, 0.25) is 11.8 Å². The van der Waals surface area contributed by atoms with Crippen molar-refractivity contribution in [2.75, 3.05) is 40.3 Å². The molecule has 4 saturated carbocycles. The summed E-state index contributed by atoms with van der Waals surface area (Å²) in [6.07, 6.45) is 17.6. The van der Waals surface area contributed by atoms with Gasteiger partial charge in [0.1, 0.15) is 11.2 Å². The molecule has 10 rings (SSSR count). The summed E-state index contributed by atoms with van der Waals surface area (Å²) in [5, 5.41) is 0. The monoisotopic (exact) mass is 943 g/mol. The zero-order valence-corrected chi connectivity index (χ0v) is 43.3. The molecule has 0 N–H and O–H groups in total. The van der Waals surface area contributed by atoms with Gasteiger partial charge in [-0.25, -0.2) is 9.59 Å². The number of benzene rings is 2. The lowest BCUT2D eigenvalue weighted by molar-refractivity contribution is -0.141. The molecule has 2 atom stereocenters. The van der Waals surface area contributed by atoms with E-state index in [-0.39, 0.29) is 24.0 Å². The van der Waals surface area contributed by atoms with Gasteiger partial charge < -0.3 is 29.1 Å². The van der Waals surface area contributed by atoms with Gasteiger partial charge in [0, 0.05) is 52.1 Å². The Morgan fingerprint density at radius 2 is 0.913 bits per heavy atom. The normalized spacial score (nSPS) is 26.7. The van der Waals surface area contributed by atoms with Crippen molar-refractivity contribution in [3.05, 3.63) is 81.9 Å². The number of fused-ring (bicyclic) bond motifs is 4. The van der Waals surface area contributed by atoms with E-state index in [1.807, 2.05) is 55.6 Å². The quantitative estimate of drug-likeness (QED) is 0.261. The van der Waals surface area contributed by atoms with Crippen LogP contribution in [0.5, 0.6) is 0 Å². The van der Waals surface area contributed by atoms with E-state index >= 15 is 0 Å². The Kier molecular flexibility index (Phi) is 14.5. The first kappa shape index (κ1) is 49.4. The molecule has 2 aromatic carbocycles. The molecule has 10 nitrogen and oxygen atoms in total. The molecular weight excluding hydrogens is 861 g/mol. The highest BCUT2D eigenvalue weighted by Gasteiger charge is 2.47. The maximum Gasteiger partial charge on any atom is 0.410 e. The van der Waals surface area contributed by atoms with Crippen LogP contribution in [0, 0.1) is 35.5 Å². The van der Waals surface area contributed by atoms with Crippen molar-refractivity contribution in [2.45, 2.75) is 174 Å². The minimum Gasteiger partial charge on any atom is -0.444 e. The van der Waals surface area contributed by atoms with Gasteiger partial charge in [0.05, 0.1) is 12.1 Å². The smallest absolute Gasteiger partial charge is 0.410 e. The molecule has 0 saturated heterocycles. The molecule has 4 amide bonds. The third-order valence-corrected chi connectivity index (χ3v) is 16.9. The van der Waals surface area contributed by atoms with Gasteiger partial charge in [-0.15, -0.1) is 0 Å². The van der Waals surface area contributed by atoms with Crippen LogP contribution in [0.15, 0.2) is 59.7 Å². The van der Waals surface area contributed by atoms with Crippen LogP contribution in [-0.2, 0) is 31.9 Å². The Labute approximate surface area is 413 Å². The minimum atomic E-state index is -0.475.